The predicted octanol–water partition coefficient (Wildman–Crippen LogP) is 2.74. The van der Waals surface area contributed by atoms with Crippen molar-refractivity contribution in [2.24, 2.45) is 0 Å². The van der Waals surface area contributed by atoms with Crippen LogP contribution in [-0.2, 0) is 4.79 Å². The van der Waals surface area contributed by atoms with Gasteiger partial charge in [0.05, 0.1) is 0 Å². The van der Waals surface area contributed by atoms with Crippen LogP contribution in [0.3, 0.4) is 0 Å². The Morgan fingerprint density at radius 2 is 2.00 bits per heavy atom. The lowest BCUT2D eigenvalue weighted by Crippen LogP contribution is -2.27. The van der Waals surface area contributed by atoms with Gasteiger partial charge in [0, 0.05) is 29.3 Å². The molecule has 1 unspecified atom stereocenters. The number of benzene rings is 1. The lowest BCUT2D eigenvalue weighted by Gasteiger charge is -2.11. The second kappa shape index (κ2) is 7.35. The molecule has 1 aromatic rings. The molecule has 0 spiro atoms. The van der Waals surface area contributed by atoms with Crippen LogP contribution in [0.2, 0.25) is 0 Å². The first kappa shape index (κ1) is 14.1. The Kier molecular flexibility index (Phi) is 6.08. The smallest absolute Gasteiger partial charge is 0.221 e. The largest absolute Gasteiger partial charge is 0.326 e. The summed E-state index contributed by atoms with van der Waals surface area (Å²) < 4.78 is 0. The van der Waals surface area contributed by atoms with E-state index in [1.54, 1.807) is 0 Å². The van der Waals surface area contributed by atoms with E-state index in [0.29, 0.717) is 6.04 Å². The monoisotopic (exact) mass is 252 g/mol. The molecule has 0 aliphatic carbocycles. The maximum atomic E-state index is 10.9. The van der Waals surface area contributed by atoms with Gasteiger partial charge in [-0.05, 0) is 37.7 Å². The van der Waals surface area contributed by atoms with Gasteiger partial charge in [-0.25, -0.2) is 0 Å². The lowest BCUT2D eigenvalue weighted by molar-refractivity contribution is -0.114. The van der Waals surface area contributed by atoms with Crippen molar-refractivity contribution in [1.29, 1.82) is 0 Å². The highest BCUT2D eigenvalue weighted by atomic mass is 32.2. The van der Waals surface area contributed by atoms with Crippen LogP contribution in [0.25, 0.3) is 0 Å². The van der Waals surface area contributed by atoms with Gasteiger partial charge in [-0.3, -0.25) is 4.79 Å². The summed E-state index contributed by atoms with van der Waals surface area (Å²) >= 11 is 1.82. The van der Waals surface area contributed by atoms with Gasteiger partial charge in [-0.1, -0.05) is 6.92 Å². The fourth-order valence-corrected chi connectivity index (χ4v) is 2.36. The first-order chi connectivity index (χ1) is 8.11. The molecule has 0 fully saturated rings. The number of hydrogen-bond donors (Lipinski definition) is 2. The Balaban J connectivity index is 2.42. The standard InChI is InChI=1S/C13H20N2OS/c1-4-14-10(2)9-17-13-7-5-12(6-8-13)15-11(3)16/h5-8,10,14H,4,9H2,1-3H3,(H,15,16). The van der Waals surface area contributed by atoms with Gasteiger partial charge >= 0.3 is 0 Å². The van der Waals surface area contributed by atoms with Crippen molar-refractivity contribution in [3.63, 3.8) is 0 Å². The molecule has 94 valence electrons. The van der Waals surface area contributed by atoms with Crippen molar-refractivity contribution < 1.29 is 4.79 Å². The van der Waals surface area contributed by atoms with Crippen molar-refractivity contribution >= 4 is 23.4 Å². The van der Waals surface area contributed by atoms with E-state index in [1.807, 2.05) is 36.0 Å². The number of hydrogen-bond acceptors (Lipinski definition) is 3. The Labute approximate surface area is 107 Å². The van der Waals surface area contributed by atoms with Crippen molar-refractivity contribution in [2.75, 3.05) is 17.6 Å². The van der Waals surface area contributed by atoms with E-state index >= 15 is 0 Å². The molecule has 0 aliphatic rings. The van der Waals surface area contributed by atoms with Gasteiger partial charge in [0.1, 0.15) is 0 Å². The average Bonchev–Trinajstić information content (AvgIpc) is 2.28. The minimum Gasteiger partial charge on any atom is -0.326 e. The van der Waals surface area contributed by atoms with E-state index in [1.165, 1.54) is 11.8 Å². The SMILES string of the molecule is CCNC(C)CSc1ccc(NC(C)=O)cc1. The van der Waals surface area contributed by atoms with E-state index in [9.17, 15) is 4.79 Å². The molecule has 4 heteroatoms. The first-order valence-corrected chi connectivity index (χ1v) is 6.84. The first-order valence-electron chi connectivity index (χ1n) is 5.85. The fourth-order valence-electron chi connectivity index (χ4n) is 1.47. The third-order valence-corrected chi connectivity index (χ3v) is 3.50. The van der Waals surface area contributed by atoms with Gasteiger partial charge in [0.15, 0.2) is 0 Å². The molecule has 1 amide bonds. The summed E-state index contributed by atoms with van der Waals surface area (Å²) in [6.07, 6.45) is 0. The second-order valence-electron chi connectivity index (χ2n) is 3.98. The summed E-state index contributed by atoms with van der Waals surface area (Å²) in [6, 6.07) is 8.45. The zero-order valence-corrected chi connectivity index (χ0v) is 11.4. The normalized spacial score (nSPS) is 12.2. The summed E-state index contributed by atoms with van der Waals surface area (Å²) in [4.78, 5) is 12.1. The number of nitrogens with one attached hydrogen (secondary N) is 2. The van der Waals surface area contributed by atoms with Gasteiger partial charge < -0.3 is 10.6 Å². The van der Waals surface area contributed by atoms with Crippen LogP contribution in [0.4, 0.5) is 5.69 Å². The van der Waals surface area contributed by atoms with E-state index in [2.05, 4.69) is 24.5 Å². The molecule has 0 aliphatic heterocycles. The highest BCUT2D eigenvalue weighted by Crippen LogP contribution is 2.20. The Hall–Kier alpha value is -1.00. The molecule has 2 N–H and O–H groups in total. The molecule has 1 aromatic carbocycles. The van der Waals surface area contributed by atoms with Gasteiger partial charge in [0.25, 0.3) is 0 Å². The van der Waals surface area contributed by atoms with Crippen LogP contribution in [0, 0.1) is 0 Å². The highest BCUT2D eigenvalue weighted by molar-refractivity contribution is 7.99. The molecule has 1 rings (SSSR count). The van der Waals surface area contributed by atoms with Gasteiger partial charge in [-0.2, -0.15) is 0 Å². The lowest BCUT2D eigenvalue weighted by atomic mass is 10.3. The zero-order chi connectivity index (χ0) is 12.7. The molecule has 3 nitrogen and oxygen atoms in total. The van der Waals surface area contributed by atoms with Crippen LogP contribution < -0.4 is 10.6 Å². The molecule has 0 heterocycles. The van der Waals surface area contributed by atoms with Crippen molar-refractivity contribution in [3.8, 4) is 0 Å². The van der Waals surface area contributed by atoms with Crippen LogP contribution >= 0.6 is 11.8 Å². The minimum absolute atomic E-state index is 0.0360. The molecule has 0 aromatic heterocycles. The number of rotatable bonds is 6. The third kappa shape index (κ3) is 5.75. The predicted molar refractivity (Wildman–Crippen MR) is 74.6 cm³/mol. The topological polar surface area (TPSA) is 41.1 Å². The van der Waals surface area contributed by atoms with Crippen LogP contribution in [-0.4, -0.2) is 24.2 Å². The molecule has 0 radical (unpaired) electrons. The van der Waals surface area contributed by atoms with Crippen molar-refractivity contribution in [3.05, 3.63) is 24.3 Å². The summed E-state index contributed by atoms with van der Waals surface area (Å²) in [5.41, 5.74) is 0.849. The molecule has 17 heavy (non-hydrogen) atoms. The summed E-state index contributed by atoms with van der Waals surface area (Å²) in [5.74, 6) is 1.01. The molecular weight excluding hydrogens is 232 g/mol. The van der Waals surface area contributed by atoms with Crippen LogP contribution in [0.15, 0.2) is 29.2 Å². The fraction of sp³-hybridized carbons (Fsp3) is 0.462. The number of carbonyl (C=O) groups excluding carboxylic acids is 1. The molecular formula is C13H20N2OS. The molecule has 0 saturated carbocycles. The minimum atomic E-state index is -0.0360. The zero-order valence-electron chi connectivity index (χ0n) is 10.6. The van der Waals surface area contributed by atoms with Gasteiger partial charge in [0.2, 0.25) is 5.91 Å². The quantitative estimate of drug-likeness (QED) is 0.765. The molecule has 0 bridgehead atoms. The van der Waals surface area contributed by atoms with Crippen molar-refractivity contribution in [2.45, 2.75) is 31.7 Å². The Morgan fingerprint density at radius 1 is 1.35 bits per heavy atom. The summed E-state index contributed by atoms with van der Waals surface area (Å²) in [6.45, 7) is 6.81. The van der Waals surface area contributed by atoms with Crippen molar-refractivity contribution in [1.82, 2.24) is 5.32 Å². The third-order valence-electron chi connectivity index (χ3n) is 2.23. The van der Waals surface area contributed by atoms with E-state index in [4.69, 9.17) is 0 Å². The van der Waals surface area contributed by atoms with Crippen LogP contribution in [0.1, 0.15) is 20.8 Å². The van der Waals surface area contributed by atoms with E-state index < -0.39 is 0 Å². The van der Waals surface area contributed by atoms with E-state index in [-0.39, 0.29) is 5.91 Å². The number of amides is 1. The maximum Gasteiger partial charge on any atom is 0.221 e. The number of thioether (sulfide) groups is 1. The van der Waals surface area contributed by atoms with E-state index in [0.717, 1.165) is 18.0 Å². The Morgan fingerprint density at radius 3 is 2.53 bits per heavy atom. The second-order valence-corrected chi connectivity index (χ2v) is 5.07. The molecule has 0 saturated heterocycles. The highest BCUT2D eigenvalue weighted by Gasteiger charge is 2.01. The van der Waals surface area contributed by atoms with Crippen LogP contribution in [0.5, 0.6) is 0 Å². The average molecular weight is 252 g/mol. The maximum absolute atomic E-state index is 10.9. The van der Waals surface area contributed by atoms with Gasteiger partial charge in [-0.15, -0.1) is 11.8 Å². The number of carbonyl (C=O) groups is 1. The number of anilines is 1. The Bertz CT molecular complexity index is 351. The molecule has 1 atom stereocenters. The summed E-state index contributed by atoms with van der Waals surface area (Å²) in [5, 5.41) is 6.13. The summed E-state index contributed by atoms with van der Waals surface area (Å²) in [7, 11) is 0.